The summed E-state index contributed by atoms with van der Waals surface area (Å²) in [6.45, 7) is 2.93. The third kappa shape index (κ3) is 5.12. The largest absolute Gasteiger partial charge is 0.492 e. The average molecular weight is 353 g/mol. The zero-order valence-corrected chi connectivity index (χ0v) is 14.8. The summed E-state index contributed by atoms with van der Waals surface area (Å²) in [7, 11) is 0. The highest BCUT2D eigenvalue weighted by Crippen LogP contribution is 2.21. The van der Waals surface area contributed by atoms with Gasteiger partial charge in [0.05, 0.1) is 24.4 Å². The van der Waals surface area contributed by atoms with Crippen molar-refractivity contribution >= 4 is 17.2 Å². The van der Waals surface area contributed by atoms with E-state index in [1.807, 2.05) is 54.8 Å². The van der Waals surface area contributed by atoms with Gasteiger partial charge >= 0.3 is 0 Å². The van der Waals surface area contributed by atoms with Crippen LogP contribution in [-0.2, 0) is 11.2 Å². The van der Waals surface area contributed by atoms with Gasteiger partial charge in [-0.2, -0.15) is 0 Å². The number of nitrogens with one attached hydrogen (secondary N) is 1. The van der Waals surface area contributed by atoms with Gasteiger partial charge in [-0.1, -0.05) is 23.8 Å². The number of aromatic nitrogens is 2. The molecule has 0 fully saturated rings. The molecule has 6 heteroatoms. The van der Waals surface area contributed by atoms with Crippen LogP contribution in [0.5, 0.6) is 5.75 Å². The summed E-state index contributed by atoms with van der Waals surface area (Å²) in [5, 5.41) is 5.57. The van der Waals surface area contributed by atoms with E-state index >= 15 is 0 Å². The zero-order chi connectivity index (χ0) is 17.5. The summed E-state index contributed by atoms with van der Waals surface area (Å²) >= 11 is 1.49. The maximum Gasteiger partial charge on any atom is 0.226 e. The van der Waals surface area contributed by atoms with Gasteiger partial charge in [0.15, 0.2) is 0 Å². The molecule has 25 heavy (non-hydrogen) atoms. The van der Waals surface area contributed by atoms with E-state index in [-0.39, 0.29) is 12.3 Å². The summed E-state index contributed by atoms with van der Waals surface area (Å²) in [6, 6.07) is 13.5. The predicted octanol–water partition coefficient (Wildman–Crippen LogP) is 3.25. The molecule has 1 aromatic carbocycles. The molecule has 1 N–H and O–H groups in total. The molecule has 0 radical (unpaired) electrons. The standard InChI is InChI=1S/C19H19N3O2S/c1-14-5-7-16(8-6-14)24-11-10-21-18(23)12-15-13-25-19(22-15)17-4-2-3-9-20-17/h2-9,13H,10-12H2,1H3,(H,21,23). The van der Waals surface area contributed by atoms with Crippen molar-refractivity contribution in [3.8, 4) is 16.5 Å². The van der Waals surface area contributed by atoms with E-state index in [2.05, 4.69) is 15.3 Å². The summed E-state index contributed by atoms with van der Waals surface area (Å²) in [6.07, 6.45) is 1.99. The first-order valence-corrected chi connectivity index (χ1v) is 8.90. The Labute approximate surface area is 150 Å². The molecular weight excluding hydrogens is 334 g/mol. The Morgan fingerprint density at radius 1 is 1.20 bits per heavy atom. The molecule has 0 aliphatic heterocycles. The molecule has 0 saturated heterocycles. The summed E-state index contributed by atoms with van der Waals surface area (Å²) < 4.78 is 5.59. The van der Waals surface area contributed by atoms with E-state index in [9.17, 15) is 4.79 Å². The predicted molar refractivity (Wildman–Crippen MR) is 98.7 cm³/mol. The number of hydrogen-bond donors (Lipinski definition) is 1. The van der Waals surface area contributed by atoms with Gasteiger partial charge in [0.25, 0.3) is 0 Å². The molecule has 128 valence electrons. The van der Waals surface area contributed by atoms with Gasteiger partial charge in [-0.3, -0.25) is 9.78 Å². The highest BCUT2D eigenvalue weighted by Gasteiger charge is 2.09. The minimum atomic E-state index is -0.0645. The van der Waals surface area contributed by atoms with Gasteiger partial charge in [0, 0.05) is 11.6 Å². The topological polar surface area (TPSA) is 64.1 Å². The van der Waals surface area contributed by atoms with E-state index in [0.717, 1.165) is 22.1 Å². The fourth-order valence-corrected chi connectivity index (χ4v) is 3.01. The Morgan fingerprint density at radius 3 is 2.80 bits per heavy atom. The lowest BCUT2D eigenvalue weighted by molar-refractivity contribution is -0.120. The monoisotopic (exact) mass is 353 g/mol. The Balaban J connectivity index is 1.42. The van der Waals surface area contributed by atoms with Gasteiger partial charge in [-0.05, 0) is 31.2 Å². The molecule has 2 heterocycles. The Bertz CT molecular complexity index is 816. The molecule has 0 aliphatic rings. The number of carbonyl (C=O) groups is 1. The van der Waals surface area contributed by atoms with Crippen molar-refractivity contribution in [3.05, 3.63) is 65.3 Å². The van der Waals surface area contributed by atoms with Crippen LogP contribution in [0.4, 0.5) is 0 Å². The normalized spacial score (nSPS) is 10.4. The average Bonchev–Trinajstić information content (AvgIpc) is 3.09. The third-order valence-corrected chi connectivity index (χ3v) is 4.40. The second-order valence-corrected chi connectivity index (χ2v) is 6.41. The third-order valence-electron chi connectivity index (χ3n) is 3.49. The smallest absolute Gasteiger partial charge is 0.226 e. The van der Waals surface area contributed by atoms with Crippen LogP contribution < -0.4 is 10.1 Å². The van der Waals surface area contributed by atoms with Crippen LogP contribution in [0.2, 0.25) is 0 Å². The first kappa shape index (κ1) is 17.1. The number of hydrogen-bond acceptors (Lipinski definition) is 5. The van der Waals surface area contributed by atoms with E-state index in [4.69, 9.17) is 4.74 Å². The Kier molecular flexibility index (Phi) is 5.74. The van der Waals surface area contributed by atoms with Crippen LogP contribution in [0, 0.1) is 6.92 Å². The first-order chi connectivity index (χ1) is 12.2. The first-order valence-electron chi connectivity index (χ1n) is 8.03. The lowest BCUT2D eigenvalue weighted by Crippen LogP contribution is -2.29. The maximum atomic E-state index is 12.0. The second-order valence-electron chi connectivity index (χ2n) is 5.55. The van der Waals surface area contributed by atoms with Gasteiger partial charge in [0.2, 0.25) is 5.91 Å². The quantitative estimate of drug-likeness (QED) is 0.662. The van der Waals surface area contributed by atoms with E-state index in [1.165, 1.54) is 16.9 Å². The van der Waals surface area contributed by atoms with E-state index in [1.54, 1.807) is 6.20 Å². The number of nitrogens with zero attached hydrogens (tertiary/aromatic N) is 2. The van der Waals surface area contributed by atoms with Gasteiger partial charge < -0.3 is 10.1 Å². The van der Waals surface area contributed by atoms with Crippen molar-refractivity contribution in [2.75, 3.05) is 13.2 Å². The van der Waals surface area contributed by atoms with Gasteiger partial charge in [0.1, 0.15) is 17.4 Å². The number of amides is 1. The van der Waals surface area contributed by atoms with E-state index < -0.39 is 0 Å². The maximum absolute atomic E-state index is 12.0. The number of ether oxygens (including phenoxy) is 1. The van der Waals surface area contributed by atoms with Crippen LogP contribution >= 0.6 is 11.3 Å². The number of carbonyl (C=O) groups excluding carboxylic acids is 1. The molecule has 1 amide bonds. The molecule has 0 unspecified atom stereocenters. The van der Waals surface area contributed by atoms with Crippen LogP contribution in [0.25, 0.3) is 10.7 Å². The van der Waals surface area contributed by atoms with Crippen molar-refractivity contribution in [2.45, 2.75) is 13.3 Å². The van der Waals surface area contributed by atoms with Gasteiger partial charge in [-0.25, -0.2) is 4.98 Å². The fourth-order valence-electron chi connectivity index (χ4n) is 2.22. The van der Waals surface area contributed by atoms with Crippen LogP contribution in [0.3, 0.4) is 0 Å². The van der Waals surface area contributed by atoms with Crippen LogP contribution in [-0.4, -0.2) is 29.0 Å². The Hall–Kier alpha value is -2.73. The molecule has 5 nitrogen and oxygen atoms in total. The molecule has 3 aromatic rings. The number of pyridine rings is 1. The molecule has 0 spiro atoms. The minimum Gasteiger partial charge on any atom is -0.492 e. The molecule has 0 aliphatic carbocycles. The zero-order valence-electron chi connectivity index (χ0n) is 13.9. The number of thiazole rings is 1. The minimum absolute atomic E-state index is 0.0645. The molecule has 0 saturated carbocycles. The van der Waals surface area contributed by atoms with Crippen molar-refractivity contribution in [1.29, 1.82) is 0 Å². The van der Waals surface area contributed by atoms with Crippen molar-refractivity contribution < 1.29 is 9.53 Å². The SMILES string of the molecule is Cc1ccc(OCCNC(=O)Cc2csc(-c3ccccn3)n2)cc1. The molecule has 0 atom stereocenters. The summed E-state index contributed by atoms with van der Waals surface area (Å²) in [5.74, 6) is 0.740. The second kappa shape index (κ2) is 8.39. The van der Waals surface area contributed by atoms with Crippen LogP contribution in [0.1, 0.15) is 11.3 Å². The molecule has 3 rings (SSSR count). The van der Waals surface area contributed by atoms with Gasteiger partial charge in [-0.15, -0.1) is 11.3 Å². The molecule has 2 aromatic heterocycles. The van der Waals surface area contributed by atoms with Crippen molar-refractivity contribution in [2.24, 2.45) is 0 Å². The lowest BCUT2D eigenvalue weighted by atomic mass is 10.2. The van der Waals surface area contributed by atoms with Crippen molar-refractivity contribution in [3.63, 3.8) is 0 Å². The number of benzene rings is 1. The highest BCUT2D eigenvalue weighted by molar-refractivity contribution is 7.13. The van der Waals surface area contributed by atoms with E-state index in [0.29, 0.717) is 13.2 Å². The summed E-state index contributed by atoms with van der Waals surface area (Å²) in [5.41, 5.74) is 2.77. The highest BCUT2D eigenvalue weighted by atomic mass is 32.1. The number of aryl methyl sites for hydroxylation is 1. The fraction of sp³-hybridized carbons (Fsp3) is 0.211. The Morgan fingerprint density at radius 2 is 2.04 bits per heavy atom. The summed E-state index contributed by atoms with van der Waals surface area (Å²) in [4.78, 5) is 20.7. The van der Waals surface area contributed by atoms with Crippen LogP contribution in [0.15, 0.2) is 54.0 Å². The number of rotatable bonds is 7. The molecular formula is C19H19N3O2S. The van der Waals surface area contributed by atoms with Crippen molar-refractivity contribution in [1.82, 2.24) is 15.3 Å². The molecule has 0 bridgehead atoms. The lowest BCUT2D eigenvalue weighted by Gasteiger charge is -2.07.